The molecule has 0 atom stereocenters. The predicted octanol–water partition coefficient (Wildman–Crippen LogP) is 7.20. The predicted molar refractivity (Wildman–Crippen MR) is 121 cm³/mol. The maximum Gasteiger partial charge on any atom is 0.0991 e. The molecule has 138 valence electrons. The van der Waals surface area contributed by atoms with Crippen LogP contribution in [0.1, 0.15) is 16.7 Å². The van der Waals surface area contributed by atoms with E-state index < -0.39 is 0 Å². The number of anilines is 3. The summed E-state index contributed by atoms with van der Waals surface area (Å²) >= 11 is 0. The molecule has 0 unspecified atom stereocenters. The first kappa shape index (κ1) is 18.3. The highest BCUT2D eigenvalue weighted by molar-refractivity contribution is 5.78. The minimum Gasteiger partial charge on any atom is -0.311 e. The van der Waals surface area contributed by atoms with Crippen molar-refractivity contribution in [2.75, 3.05) is 4.90 Å². The van der Waals surface area contributed by atoms with Gasteiger partial charge in [-0.05, 0) is 59.7 Å². The zero-order valence-electron chi connectivity index (χ0n) is 15.9. The van der Waals surface area contributed by atoms with Gasteiger partial charge >= 0.3 is 0 Å². The first-order chi connectivity index (χ1) is 14.3. The van der Waals surface area contributed by atoms with Crippen molar-refractivity contribution >= 4 is 29.2 Å². The van der Waals surface area contributed by atoms with Crippen molar-refractivity contribution < 1.29 is 0 Å². The van der Waals surface area contributed by atoms with Crippen LogP contribution < -0.4 is 4.90 Å². The Morgan fingerprint density at radius 2 is 0.931 bits per heavy atom. The molecule has 0 fully saturated rings. The topological polar surface area (TPSA) is 27.0 Å². The van der Waals surface area contributed by atoms with Gasteiger partial charge in [0.2, 0.25) is 0 Å². The molecule has 2 nitrogen and oxygen atoms in total. The summed E-state index contributed by atoms with van der Waals surface area (Å²) in [6, 6.07) is 39.0. The van der Waals surface area contributed by atoms with Crippen LogP contribution >= 0.6 is 0 Å². The smallest absolute Gasteiger partial charge is 0.0991 e. The zero-order chi connectivity index (χ0) is 19.9. The maximum absolute atomic E-state index is 8.90. The molecule has 0 saturated heterocycles. The fourth-order valence-corrected chi connectivity index (χ4v) is 3.20. The molecular weight excluding hydrogens is 352 g/mol. The number of benzene rings is 4. The summed E-state index contributed by atoms with van der Waals surface area (Å²) in [5, 5.41) is 8.90. The lowest BCUT2D eigenvalue weighted by atomic mass is 10.1. The third kappa shape index (κ3) is 4.43. The van der Waals surface area contributed by atoms with E-state index in [1.807, 2.05) is 36.4 Å². The maximum atomic E-state index is 8.90. The Balaban J connectivity index is 1.60. The van der Waals surface area contributed by atoms with Crippen molar-refractivity contribution in [2.45, 2.75) is 0 Å². The quantitative estimate of drug-likeness (QED) is 0.346. The largest absolute Gasteiger partial charge is 0.311 e. The summed E-state index contributed by atoms with van der Waals surface area (Å²) in [7, 11) is 0. The van der Waals surface area contributed by atoms with Gasteiger partial charge in [-0.1, -0.05) is 72.8 Å². The van der Waals surface area contributed by atoms with E-state index >= 15 is 0 Å². The van der Waals surface area contributed by atoms with Gasteiger partial charge in [-0.25, -0.2) is 0 Å². The van der Waals surface area contributed by atoms with Crippen LogP contribution in [0.4, 0.5) is 17.1 Å². The van der Waals surface area contributed by atoms with Crippen LogP contribution in [0.2, 0.25) is 0 Å². The molecule has 0 bridgehead atoms. The highest BCUT2D eigenvalue weighted by Crippen LogP contribution is 2.34. The number of hydrogen-bond donors (Lipinski definition) is 0. The summed E-state index contributed by atoms with van der Waals surface area (Å²) in [6.45, 7) is 0. The van der Waals surface area contributed by atoms with Crippen LogP contribution in [0.15, 0.2) is 109 Å². The van der Waals surface area contributed by atoms with E-state index in [9.17, 15) is 0 Å². The Morgan fingerprint density at radius 1 is 0.517 bits per heavy atom. The zero-order valence-corrected chi connectivity index (χ0v) is 15.9. The van der Waals surface area contributed by atoms with Gasteiger partial charge in [0.15, 0.2) is 0 Å². The molecule has 0 heterocycles. The first-order valence-corrected chi connectivity index (χ1v) is 9.52. The lowest BCUT2D eigenvalue weighted by Crippen LogP contribution is -2.09. The van der Waals surface area contributed by atoms with Crippen LogP contribution in [-0.4, -0.2) is 0 Å². The molecular formula is C27H20N2. The Hall–Kier alpha value is -4.09. The Labute approximate surface area is 171 Å². The molecule has 0 aliphatic carbocycles. The van der Waals surface area contributed by atoms with Gasteiger partial charge in [0.25, 0.3) is 0 Å². The number of rotatable bonds is 5. The van der Waals surface area contributed by atoms with E-state index in [4.69, 9.17) is 5.26 Å². The van der Waals surface area contributed by atoms with E-state index in [1.165, 1.54) is 0 Å². The van der Waals surface area contributed by atoms with E-state index in [1.54, 1.807) is 0 Å². The summed E-state index contributed by atoms with van der Waals surface area (Å²) < 4.78 is 0. The minimum atomic E-state index is 0.674. The van der Waals surface area contributed by atoms with Crippen molar-refractivity contribution in [3.8, 4) is 6.07 Å². The van der Waals surface area contributed by atoms with Gasteiger partial charge in [0, 0.05) is 17.1 Å². The number of nitriles is 1. The average molecular weight is 372 g/mol. The van der Waals surface area contributed by atoms with Crippen LogP contribution in [0.25, 0.3) is 12.2 Å². The molecule has 0 amide bonds. The standard InChI is InChI=1S/C27H20N2/c28-21-24-15-13-22(14-16-24)11-12-23-17-19-27(20-18-23)29(25-7-3-1-4-8-25)26-9-5-2-6-10-26/h1-20H/b12-11+. The number of nitrogens with zero attached hydrogens (tertiary/aromatic N) is 2. The Morgan fingerprint density at radius 3 is 1.38 bits per heavy atom. The fourth-order valence-electron chi connectivity index (χ4n) is 3.20. The molecule has 0 spiro atoms. The minimum absolute atomic E-state index is 0.674. The molecule has 4 aromatic carbocycles. The average Bonchev–Trinajstić information content (AvgIpc) is 2.80. The summed E-state index contributed by atoms with van der Waals surface area (Å²) in [6.07, 6.45) is 4.14. The highest BCUT2D eigenvalue weighted by atomic mass is 15.1. The molecule has 0 aliphatic rings. The van der Waals surface area contributed by atoms with Gasteiger partial charge in [-0.15, -0.1) is 0 Å². The van der Waals surface area contributed by atoms with E-state index in [0.717, 1.165) is 28.2 Å². The van der Waals surface area contributed by atoms with E-state index in [0.29, 0.717) is 5.56 Å². The molecule has 2 heteroatoms. The van der Waals surface area contributed by atoms with Gasteiger partial charge in [0.05, 0.1) is 11.6 Å². The molecule has 0 radical (unpaired) electrons. The van der Waals surface area contributed by atoms with E-state index in [2.05, 4.69) is 95.9 Å². The Bertz CT molecular complexity index is 1080. The third-order valence-corrected chi connectivity index (χ3v) is 4.69. The summed E-state index contributed by atoms with van der Waals surface area (Å²) in [5.74, 6) is 0. The Kier molecular flexibility index (Phi) is 5.50. The lowest BCUT2D eigenvalue weighted by Gasteiger charge is -2.25. The summed E-state index contributed by atoms with van der Waals surface area (Å²) in [4.78, 5) is 2.24. The van der Waals surface area contributed by atoms with Crippen LogP contribution in [0.3, 0.4) is 0 Å². The first-order valence-electron chi connectivity index (χ1n) is 9.52. The van der Waals surface area contributed by atoms with Gasteiger partial charge in [-0.2, -0.15) is 5.26 Å². The molecule has 0 aromatic heterocycles. The van der Waals surface area contributed by atoms with Crippen molar-refractivity contribution in [2.24, 2.45) is 0 Å². The molecule has 4 aromatic rings. The molecule has 29 heavy (non-hydrogen) atoms. The number of hydrogen-bond acceptors (Lipinski definition) is 2. The molecule has 0 aliphatic heterocycles. The van der Waals surface area contributed by atoms with Gasteiger partial charge in [0.1, 0.15) is 0 Å². The fraction of sp³-hybridized carbons (Fsp3) is 0. The molecule has 0 saturated carbocycles. The summed E-state index contributed by atoms with van der Waals surface area (Å²) in [5.41, 5.74) is 6.23. The molecule has 0 N–H and O–H groups in total. The van der Waals surface area contributed by atoms with Crippen LogP contribution in [0.5, 0.6) is 0 Å². The van der Waals surface area contributed by atoms with Crippen molar-refractivity contribution in [1.82, 2.24) is 0 Å². The highest BCUT2D eigenvalue weighted by Gasteiger charge is 2.11. The van der Waals surface area contributed by atoms with Crippen LogP contribution in [0, 0.1) is 11.3 Å². The number of para-hydroxylation sites is 2. The lowest BCUT2D eigenvalue weighted by molar-refractivity contribution is 1.28. The van der Waals surface area contributed by atoms with Crippen molar-refractivity contribution in [3.63, 3.8) is 0 Å². The second-order valence-corrected chi connectivity index (χ2v) is 6.67. The second-order valence-electron chi connectivity index (χ2n) is 6.67. The van der Waals surface area contributed by atoms with Crippen LogP contribution in [-0.2, 0) is 0 Å². The second kappa shape index (κ2) is 8.73. The SMILES string of the molecule is N#Cc1ccc(/C=C/c2ccc(N(c3ccccc3)c3ccccc3)cc2)cc1. The van der Waals surface area contributed by atoms with E-state index in [-0.39, 0.29) is 0 Å². The van der Waals surface area contributed by atoms with Crippen molar-refractivity contribution in [1.29, 1.82) is 5.26 Å². The van der Waals surface area contributed by atoms with Gasteiger partial charge < -0.3 is 4.90 Å². The molecule has 4 rings (SSSR count). The van der Waals surface area contributed by atoms with Crippen molar-refractivity contribution in [3.05, 3.63) is 126 Å². The normalized spacial score (nSPS) is 10.6. The monoisotopic (exact) mass is 372 g/mol. The third-order valence-electron chi connectivity index (χ3n) is 4.69. The van der Waals surface area contributed by atoms with Gasteiger partial charge in [-0.3, -0.25) is 0 Å².